The molecule has 0 fully saturated rings. The van der Waals surface area contributed by atoms with E-state index in [1.807, 2.05) is 0 Å². The first-order valence-electron chi connectivity index (χ1n) is 8.51. The Balaban J connectivity index is 1.78. The highest BCUT2D eigenvalue weighted by Crippen LogP contribution is 2.34. The van der Waals surface area contributed by atoms with Gasteiger partial charge in [0.15, 0.2) is 5.69 Å². The number of benzene rings is 2. The zero-order valence-corrected chi connectivity index (χ0v) is 15.7. The van der Waals surface area contributed by atoms with Gasteiger partial charge < -0.3 is 5.32 Å². The Morgan fingerprint density at radius 2 is 1.83 bits per heavy atom. The SMILES string of the molecule is O=C(Nc1cc(Cl)cc2cccnc12)c1cnn(-c2ccc(F)cc2)c1C(F)(F)F. The number of carbonyl (C=O) groups is 1. The quantitative estimate of drug-likeness (QED) is 0.434. The number of rotatable bonds is 3. The number of nitrogens with one attached hydrogen (secondary N) is 1. The molecule has 0 bridgehead atoms. The molecule has 2 heterocycles. The summed E-state index contributed by atoms with van der Waals surface area (Å²) in [6.45, 7) is 0. The monoisotopic (exact) mass is 434 g/mol. The molecule has 4 rings (SSSR count). The Morgan fingerprint density at radius 1 is 1.10 bits per heavy atom. The summed E-state index contributed by atoms with van der Waals surface area (Å²) in [5.74, 6) is -1.65. The molecule has 1 N–H and O–H groups in total. The number of anilines is 1. The maximum absolute atomic E-state index is 13.8. The van der Waals surface area contributed by atoms with Gasteiger partial charge in [0.05, 0.1) is 28.7 Å². The van der Waals surface area contributed by atoms with Crippen LogP contribution in [0.5, 0.6) is 0 Å². The first-order chi connectivity index (χ1) is 14.2. The van der Waals surface area contributed by atoms with Gasteiger partial charge in [0.25, 0.3) is 5.91 Å². The number of fused-ring (bicyclic) bond motifs is 1. The standard InChI is InChI=1S/C20H11ClF4N4O/c21-12-8-11-2-1-7-26-17(11)16(9-12)28-19(30)15-10-27-29(18(15)20(23,24)25)14-5-3-13(22)4-6-14/h1-10H,(H,28,30). The molecule has 1 amide bonds. The third-order valence-corrected chi connectivity index (χ3v) is 4.49. The van der Waals surface area contributed by atoms with E-state index in [0.29, 0.717) is 15.6 Å². The molecule has 2 aromatic heterocycles. The third-order valence-electron chi connectivity index (χ3n) is 4.27. The van der Waals surface area contributed by atoms with Gasteiger partial charge in [0.1, 0.15) is 5.82 Å². The Labute approximate surface area is 171 Å². The van der Waals surface area contributed by atoms with Gasteiger partial charge in [0.2, 0.25) is 0 Å². The predicted octanol–water partition coefficient (Wildman–Crippen LogP) is 5.48. The van der Waals surface area contributed by atoms with E-state index in [1.165, 1.54) is 12.3 Å². The van der Waals surface area contributed by atoms with Crippen molar-refractivity contribution < 1.29 is 22.4 Å². The van der Waals surface area contributed by atoms with Gasteiger partial charge in [-0.25, -0.2) is 9.07 Å². The number of halogens is 5. The predicted molar refractivity (Wildman–Crippen MR) is 103 cm³/mol. The zero-order chi connectivity index (χ0) is 21.5. The third kappa shape index (κ3) is 3.71. The number of hydrogen-bond acceptors (Lipinski definition) is 3. The molecule has 0 saturated heterocycles. The van der Waals surface area contributed by atoms with Gasteiger partial charge in [-0.05, 0) is 42.5 Å². The summed E-state index contributed by atoms with van der Waals surface area (Å²) in [5.41, 5.74) is -1.50. The van der Waals surface area contributed by atoms with Crippen LogP contribution in [0.2, 0.25) is 5.02 Å². The van der Waals surface area contributed by atoms with E-state index in [0.717, 1.165) is 30.5 Å². The van der Waals surface area contributed by atoms with E-state index in [2.05, 4.69) is 15.4 Å². The molecule has 30 heavy (non-hydrogen) atoms. The molecule has 5 nitrogen and oxygen atoms in total. The summed E-state index contributed by atoms with van der Waals surface area (Å²) in [6.07, 6.45) is -2.60. The highest BCUT2D eigenvalue weighted by Gasteiger charge is 2.40. The van der Waals surface area contributed by atoms with Crippen molar-refractivity contribution in [1.82, 2.24) is 14.8 Å². The fourth-order valence-corrected chi connectivity index (χ4v) is 3.23. The summed E-state index contributed by atoms with van der Waals surface area (Å²) in [6, 6.07) is 10.7. The molecule has 0 spiro atoms. The number of amides is 1. The molecule has 0 unspecified atom stereocenters. The van der Waals surface area contributed by atoms with Crippen molar-refractivity contribution in [2.45, 2.75) is 6.18 Å². The average Bonchev–Trinajstić information content (AvgIpc) is 3.14. The minimum Gasteiger partial charge on any atom is -0.320 e. The van der Waals surface area contributed by atoms with E-state index >= 15 is 0 Å². The Bertz CT molecular complexity index is 1250. The number of aromatic nitrogens is 3. The summed E-state index contributed by atoms with van der Waals surface area (Å²) >= 11 is 6.05. The van der Waals surface area contributed by atoms with Crippen molar-refractivity contribution >= 4 is 34.1 Å². The van der Waals surface area contributed by atoms with E-state index in [1.54, 1.807) is 18.2 Å². The van der Waals surface area contributed by atoms with Gasteiger partial charge in [0, 0.05) is 16.6 Å². The topological polar surface area (TPSA) is 59.8 Å². The fraction of sp³-hybridized carbons (Fsp3) is 0.0500. The van der Waals surface area contributed by atoms with Crippen LogP contribution in [0.15, 0.2) is 60.9 Å². The lowest BCUT2D eigenvalue weighted by Crippen LogP contribution is -2.21. The lowest BCUT2D eigenvalue weighted by Gasteiger charge is -2.13. The van der Waals surface area contributed by atoms with E-state index < -0.39 is 29.2 Å². The van der Waals surface area contributed by atoms with Crippen LogP contribution in [-0.2, 0) is 6.18 Å². The summed E-state index contributed by atoms with van der Waals surface area (Å²) < 4.78 is 55.0. The zero-order valence-electron chi connectivity index (χ0n) is 14.9. The fourth-order valence-electron chi connectivity index (χ4n) is 3.01. The van der Waals surface area contributed by atoms with Crippen molar-refractivity contribution in [3.8, 4) is 5.69 Å². The van der Waals surface area contributed by atoms with Crippen LogP contribution in [0.4, 0.5) is 23.2 Å². The van der Waals surface area contributed by atoms with Gasteiger partial charge in [-0.2, -0.15) is 18.3 Å². The van der Waals surface area contributed by atoms with Crippen LogP contribution in [0.25, 0.3) is 16.6 Å². The van der Waals surface area contributed by atoms with Gasteiger partial charge in [-0.3, -0.25) is 9.78 Å². The van der Waals surface area contributed by atoms with Crippen LogP contribution in [0.1, 0.15) is 16.1 Å². The number of pyridine rings is 1. The molecule has 0 atom stereocenters. The van der Waals surface area contributed by atoms with Crippen molar-refractivity contribution in [1.29, 1.82) is 0 Å². The maximum atomic E-state index is 13.8. The number of carbonyl (C=O) groups excluding carboxylic acids is 1. The maximum Gasteiger partial charge on any atom is 0.434 e. The summed E-state index contributed by atoms with van der Waals surface area (Å²) in [5, 5.41) is 7.02. The average molecular weight is 435 g/mol. The Kier molecular flexibility index (Phi) is 4.90. The highest BCUT2D eigenvalue weighted by molar-refractivity contribution is 6.32. The van der Waals surface area contributed by atoms with Gasteiger partial charge in [-0.1, -0.05) is 17.7 Å². The van der Waals surface area contributed by atoms with Crippen molar-refractivity contribution in [2.75, 3.05) is 5.32 Å². The molecular weight excluding hydrogens is 424 g/mol. The van der Waals surface area contributed by atoms with Gasteiger partial charge >= 0.3 is 6.18 Å². The summed E-state index contributed by atoms with van der Waals surface area (Å²) in [4.78, 5) is 16.9. The largest absolute Gasteiger partial charge is 0.434 e. The molecule has 0 aliphatic heterocycles. The molecule has 0 radical (unpaired) electrons. The van der Waals surface area contributed by atoms with Crippen LogP contribution in [-0.4, -0.2) is 20.7 Å². The smallest absolute Gasteiger partial charge is 0.320 e. The second kappa shape index (κ2) is 7.42. The van der Waals surface area contributed by atoms with Crippen molar-refractivity contribution in [3.63, 3.8) is 0 Å². The Hall–Kier alpha value is -3.46. The van der Waals surface area contributed by atoms with E-state index in [4.69, 9.17) is 11.6 Å². The molecule has 4 aromatic rings. The van der Waals surface area contributed by atoms with Crippen LogP contribution in [0.3, 0.4) is 0 Å². The number of hydrogen-bond donors (Lipinski definition) is 1. The second-order valence-electron chi connectivity index (χ2n) is 6.28. The number of nitrogens with zero attached hydrogens (tertiary/aromatic N) is 3. The molecular formula is C20H11ClF4N4O. The molecule has 0 aliphatic rings. The molecule has 0 aliphatic carbocycles. The second-order valence-corrected chi connectivity index (χ2v) is 6.71. The molecule has 0 saturated carbocycles. The highest BCUT2D eigenvalue weighted by atomic mass is 35.5. The van der Waals surface area contributed by atoms with Crippen molar-refractivity contribution in [2.24, 2.45) is 0 Å². The van der Waals surface area contributed by atoms with Crippen LogP contribution < -0.4 is 5.32 Å². The Morgan fingerprint density at radius 3 is 2.53 bits per heavy atom. The van der Waals surface area contributed by atoms with Crippen LogP contribution >= 0.6 is 11.6 Å². The summed E-state index contributed by atoms with van der Waals surface area (Å²) in [7, 11) is 0. The first-order valence-corrected chi connectivity index (χ1v) is 8.88. The van der Waals surface area contributed by atoms with Crippen LogP contribution in [0, 0.1) is 5.82 Å². The normalized spacial score (nSPS) is 11.6. The minimum absolute atomic E-state index is 0.0438. The first kappa shape index (κ1) is 19.8. The number of alkyl halides is 3. The lowest BCUT2D eigenvalue weighted by atomic mass is 10.1. The van der Waals surface area contributed by atoms with E-state index in [9.17, 15) is 22.4 Å². The van der Waals surface area contributed by atoms with Gasteiger partial charge in [-0.15, -0.1) is 0 Å². The molecule has 10 heteroatoms. The lowest BCUT2D eigenvalue weighted by molar-refractivity contribution is -0.143. The molecule has 152 valence electrons. The molecule has 2 aromatic carbocycles. The van der Waals surface area contributed by atoms with E-state index in [-0.39, 0.29) is 16.4 Å². The minimum atomic E-state index is -4.90. The van der Waals surface area contributed by atoms with Crippen molar-refractivity contribution in [3.05, 3.63) is 83.0 Å².